The monoisotopic (exact) mass is 588 g/mol. The van der Waals surface area contributed by atoms with E-state index in [-0.39, 0.29) is 41.6 Å². The lowest BCUT2D eigenvalue weighted by molar-refractivity contribution is -0.138. The molecule has 39 heavy (non-hydrogen) atoms. The van der Waals surface area contributed by atoms with Crippen molar-refractivity contribution in [3.05, 3.63) is 104 Å². The Labute approximate surface area is 236 Å². The normalized spacial score (nSPS) is 14.8. The summed E-state index contributed by atoms with van der Waals surface area (Å²) >= 11 is 12.2. The summed E-state index contributed by atoms with van der Waals surface area (Å²) in [4.78, 5) is 16.5. The Kier molecular flexibility index (Phi) is 8.66. The molecule has 0 spiro atoms. The Morgan fingerprint density at radius 1 is 1.05 bits per heavy atom. The molecule has 2 aromatic carbocycles. The number of furan rings is 1. The lowest BCUT2D eigenvalue weighted by atomic mass is 10.1. The van der Waals surface area contributed by atoms with Crippen LogP contribution in [0, 0.1) is 6.92 Å². The number of hydrogen-bond acceptors (Lipinski definition) is 7. The largest absolute Gasteiger partial charge is 0.505 e. The van der Waals surface area contributed by atoms with Crippen LogP contribution >= 0.6 is 23.2 Å². The van der Waals surface area contributed by atoms with Crippen LogP contribution in [0.2, 0.25) is 10.0 Å². The third kappa shape index (κ3) is 6.45. The summed E-state index contributed by atoms with van der Waals surface area (Å²) in [7, 11) is -3.93. The first-order valence-electron chi connectivity index (χ1n) is 12.0. The van der Waals surface area contributed by atoms with E-state index in [1.807, 2.05) is 6.92 Å². The van der Waals surface area contributed by atoms with Crippen molar-refractivity contribution in [3.63, 3.8) is 0 Å². The molecule has 0 atom stereocenters. The maximum absolute atomic E-state index is 13.6. The van der Waals surface area contributed by atoms with Gasteiger partial charge >= 0.3 is 5.97 Å². The van der Waals surface area contributed by atoms with Gasteiger partial charge in [0.15, 0.2) is 5.76 Å². The van der Waals surface area contributed by atoms with Crippen molar-refractivity contribution in [1.29, 1.82) is 0 Å². The molecule has 2 heterocycles. The Balaban J connectivity index is 1.64. The van der Waals surface area contributed by atoms with Crippen molar-refractivity contribution in [2.24, 2.45) is 4.99 Å². The highest BCUT2D eigenvalue weighted by atomic mass is 35.5. The van der Waals surface area contributed by atoms with Gasteiger partial charge in [0.2, 0.25) is 10.0 Å². The van der Waals surface area contributed by atoms with Crippen LogP contribution in [0.4, 0.5) is 0 Å². The number of carbonyl (C=O) groups is 1. The predicted octanol–water partition coefficient (Wildman–Crippen LogP) is 6.48. The van der Waals surface area contributed by atoms with Crippen LogP contribution in [0.5, 0.6) is 0 Å². The maximum Gasteiger partial charge on any atom is 0.343 e. The summed E-state index contributed by atoms with van der Waals surface area (Å²) in [5.74, 6) is -0.313. The van der Waals surface area contributed by atoms with Crippen molar-refractivity contribution >= 4 is 51.0 Å². The SMILES string of the molecule is CCOC(=O)C1=C(O)/C(=C\c2ccc(CN(Cc3ccc(Cl)c(Cl)c3)S(=O)(=O)c3ccc(C)cc3)o2)N=C1C. The molecular formula is C28H26Cl2N2O6S. The maximum atomic E-state index is 13.6. The minimum atomic E-state index is -3.93. The summed E-state index contributed by atoms with van der Waals surface area (Å²) in [5, 5.41) is 11.2. The van der Waals surface area contributed by atoms with Gasteiger partial charge in [-0.3, -0.25) is 0 Å². The highest BCUT2D eigenvalue weighted by molar-refractivity contribution is 7.89. The first-order chi connectivity index (χ1) is 18.5. The van der Waals surface area contributed by atoms with E-state index in [0.717, 1.165) is 5.56 Å². The average Bonchev–Trinajstić information content (AvgIpc) is 3.44. The zero-order chi connectivity index (χ0) is 28.3. The summed E-state index contributed by atoms with van der Waals surface area (Å²) in [6.07, 6.45) is 1.46. The van der Waals surface area contributed by atoms with Crippen molar-refractivity contribution in [2.45, 2.75) is 38.8 Å². The molecular weight excluding hydrogens is 563 g/mol. The fourth-order valence-electron chi connectivity index (χ4n) is 3.93. The van der Waals surface area contributed by atoms with Gasteiger partial charge in [0.1, 0.15) is 22.8 Å². The molecule has 0 unspecified atom stereocenters. The van der Waals surface area contributed by atoms with Gasteiger partial charge in [-0.1, -0.05) is 47.0 Å². The molecule has 3 aromatic rings. The highest BCUT2D eigenvalue weighted by Gasteiger charge is 2.29. The molecule has 0 radical (unpaired) electrons. The number of aryl methyl sites for hydroxylation is 1. The van der Waals surface area contributed by atoms with E-state index in [2.05, 4.69) is 4.99 Å². The number of sulfonamides is 1. The van der Waals surface area contributed by atoms with Gasteiger partial charge in [-0.05, 0) is 62.7 Å². The quantitative estimate of drug-likeness (QED) is 0.286. The van der Waals surface area contributed by atoms with Gasteiger partial charge < -0.3 is 14.3 Å². The standard InChI is InChI=1S/C28H26Cl2N2O6S/c1-4-37-28(34)26-18(3)31-25(27(26)33)14-20-8-9-21(38-20)16-32(15-19-7-12-23(29)24(30)13-19)39(35,36)22-10-5-17(2)6-11-22/h5-14,33H,4,15-16H2,1-3H3/b25-14+. The van der Waals surface area contributed by atoms with E-state index in [4.69, 9.17) is 32.4 Å². The molecule has 1 aliphatic rings. The molecule has 0 fully saturated rings. The van der Waals surface area contributed by atoms with Crippen molar-refractivity contribution < 1.29 is 27.5 Å². The molecule has 1 aromatic heterocycles. The summed E-state index contributed by atoms with van der Waals surface area (Å²) in [6.45, 7) is 5.22. The number of halogens is 2. The van der Waals surface area contributed by atoms with Gasteiger partial charge in [-0.15, -0.1) is 0 Å². The predicted molar refractivity (Wildman–Crippen MR) is 150 cm³/mol. The van der Waals surface area contributed by atoms with Gasteiger partial charge in [0.25, 0.3) is 0 Å². The van der Waals surface area contributed by atoms with E-state index < -0.39 is 16.0 Å². The highest BCUT2D eigenvalue weighted by Crippen LogP contribution is 2.29. The number of hydrogen-bond donors (Lipinski definition) is 1. The molecule has 4 rings (SSSR count). The van der Waals surface area contributed by atoms with Crippen LogP contribution < -0.4 is 0 Å². The fourth-order valence-corrected chi connectivity index (χ4v) is 5.64. The molecule has 0 saturated heterocycles. The van der Waals surface area contributed by atoms with Crippen LogP contribution in [-0.4, -0.2) is 36.1 Å². The van der Waals surface area contributed by atoms with Crippen molar-refractivity contribution in [1.82, 2.24) is 4.31 Å². The number of nitrogens with zero attached hydrogens (tertiary/aromatic N) is 2. The zero-order valence-corrected chi connectivity index (χ0v) is 23.8. The Bertz CT molecular complexity index is 1600. The van der Waals surface area contributed by atoms with E-state index >= 15 is 0 Å². The Morgan fingerprint density at radius 2 is 1.77 bits per heavy atom. The van der Waals surface area contributed by atoms with Crippen molar-refractivity contribution in [3.8, 4) is 0 Å². The average molecular weight is 589 g/mol. The molecule has 0 bridgehead atoms. The number of carbonyl (C=O) groups excluding carboxylic acids is 1. The van der Waals surface area contributed by atoms with Gasteiger partial charge in [0, 0.05) is 12.6 Å². The minimum absolute atomic E-state index is 0.00753. The minimum Gasteiger partial charge on any atom is -0.505 e. The number of aliphatic imine (C=N–C) groups is 1. The molecule has 0 saturated carbocycles. The van der Waals surface area contributed by atoms with Crippen LogP contribution in [0.15, 0.2) is 85.9 Å². The Morgan fingerprint density at radius 3 is 2.44 bits per heavy atom. The van der Waals surface area contributed by atoms with E-state index in [1.54, 1.807) is 68.4 Å². The van der Waals surface area contributed by atoms with E-state index in [0.29, 0.717) is 32.8 Å². The number of aliphatic hydroxyl groups excluding tert-OH is 1. The number of esters is 1. The van der Waals surface area contributed by atoms with Crippen molar-refractivity contribution in [2.75, 3.05) is 6.61 Å². The second kappa shape index (κ2) is 11.8. The molecule has 0 aliphatic carbocycles. The second-order valence-corrected chi connectivity index (χ2v) is 11.6. The van der Waals surface area contributed by atoms with Crippen LogP contribution in [0.3, 0.4) is 0 Å². The zero-order valence-electron chi connectivity index (χ0n) is 21.4. The van der Waals surface area contributed by atoms with Crippen LogP contribution in [0.25, 0.3) is 6.08 Å². The number of rotatable bonds is 9. The molecule has 204 valence electrons. The topological polar surface area (TPSA) is 109 Å². The van der Waals surface area contributed by atoms with E-state index in [1.165, 1.54) is 10.4 Å². The molecule has 8 nitrogen and oxygen atoms in total. The van der Waals surface area contributed by atoms with E-state index in [9.17, 15) is 18.3 Å². The summed E-state index contributed by atoms with van der Waals surface area (Å²) < 4.78 is 39.4. The first-order valence-corrected chi connectivity index (χ1v) is 14.2. The third-order valence-electron chi connectivity index (χ3n) is 5.90. The van der Waals surface area contributed by atoms with Crippen LogP contribution in [0.1, 0.15) is 36.5 Å². The lowest BCUT2D eigenvalue weighted by Gasteiger charge is -2.22. The smallest absolute Gasteiger partial charge is 0.343 e. The second-order valence-electron chi connectivity index (χ2n) is 8.81. The lowest BCUT2D eigenvalue weighted by Crippen LogP contribution is -2.30. The Hall–Kier alpha value is -3.37. The van der Waals surface area contributed by atoms with Crippen LogP contribution in [-0.2, 0) is 32.6 Å². The fraction of sp³-hybridized carbons (Fsp3) is 0.214. The number of aliphatic hydroxyl groups is 1. The summed E-state index contributed by atoms with van der Waals surface area (Å²) in [5.41, 5.74) is 2.03. The third-order valence-corrected chi connectivity index (χ3v) is 8.45. The van der Waals surface area contributed by atoms with Gasteiger partial charge in [-0.2, -0.15) is 4.31 Å². The first kappa shape index (κ1) is 28.6. The summed E-state index contributed by atoms with van der Waals surface area (Å²) in [6, 6.07) is 14.8. The molecule has 1 N–H and O–H groups in total. The number of ether oxygens (including phenoxy) is 1. The molecule has 11 heteroatoms. The van der Waals surface area contributed by atoms with Gasteiger partial charge in [0.05, 0.1) is 33.8 Å². The number of benzene rings is 2. The molecule has 0 amide bonds. The van der Waals surface area contributed by atoms with Gasteiger partial charge in [-0.25, -0.2) is 18.2 Å². The molecule has 1 aliphatic heterocycles.